The summed E-state index contributed by atoms with van der Waals surface area (Å²) in [4.78, 5) is 26.4. The van der Waals surface area contributed by atoms with E-state index in [2.05, 4.69) is 5.32 Å². The third-order valence-corrected chi connectivity index (χ3v) is 5.62. The van der Waals surface area contributed by atoms with Crippen molar-refractivity contribution in [3.63, 3.8) is 0 Å². The molecule has 0 unspecified atom stereocenters. The monoisotopic (exact) mass is 388 g/mol. The maximum absolute atomic E-state index is 12.5. The van der Waals surface area contributed by atoms with E-state index >= 15 is 0 Å². The molecule has 2 N–H and O–H groups in total. The molecule has 1 fully saturated rings. The number of carbonyl (C=O) groups is 2. The third-order valence-electron chi connectivity index (χ3n) is 4.77. The summed E-state index contributed by atoms with van der Waals surface area (Å²) in [6.45, 7) is 3.19. The molecule has 1 aromatic carbocycles. The highest BCUT2D eigenvalue weighted by Crippen LogP contribution is 2.26. The predicted octanol–water partition coefficient (Wildman–Crippen LogP) is 2.99. The van der Waals surface area contributed by atoms with Crippen molar-refractivity contribution in [1.82, 2.24) is 10.2 Å². The van der Waals surface area contributed by atoms with Crippen LogP contribution in [0.5, 0.6) is 5.75 Å². The number of hydrogen-bond acceptors (Lipinski definition) is 5. The van der Waals surface area contributed by atoms with E-state index in [0.29, 0.717) is 24.5 Å². The highest BCUT2D eigenvalue weighted by Gasteiger charge is 2.34. The molecule has 1 saturated carbocycles. The zero-order valence-corrected chi connectivity index (χ0v) is 16.1. The molecule has 1 aliphatic carbocycles. The van der Waals surface area contributed by atoms with E-state index < -0.39 is 5.97 Å². The smallest absolute Gasteiger partial charge is 0.317 e. The van der Waals surface area contributed by atoms with Gasteiger partial charge in [-0.1, -0.05) is 19.1 Å². The number of aliphatic carboxylic acids is 1. The Balaban J connectivity index is 1.49. The van der Waals surface area contributed by atoms with Crippen molar-refractivity contribution in [2.24, 2.45) is 0 Å². The number of rotatable bonds is 9. The van der Waals surface area contributed by atoms with Crippen molar-refractivity contribution in [1.29, 1.82) is 0 Å². The van der Waals surface area contributed by atoms with Crippen LogP contribution >= 0.6 is 11.3 Å². The minimum Gasteiger partial charge on any atom is -0.488 e. The van der Waals surface area contributed by atoms with E-state index in [9.17, 15) is 9.59 Å². The zero-order chi connectivity index (χ0) is 19.2. The van der Waals surface area contributed by atoms with Crippen molar-refractivity contribution < 1.29 is 19.4 Å². The summed E-state index contributed by atoms with van der Waals surface area (Å²) in [5.41, 5.74) is 0.569. The molecule has 1 heterocycles. The van der Waals surface area contributed by atoms with Gasteiger partial charge < -0.3 is 15.2 Å². The Hall–Kier alpha value is -2.38. The number of nitrogens with one attached hydrogen (secondary N) is 1. The molecular formula is C20H24N2O4S. The van der Waals surface area contributed by atoms with Crippen LogP contribution in [0.3, 0.4) is 0 Å². The Morgan fingerprint density at radius 1 is 1.30 bits per heavy atom. The van der Waals surface area contributed by atoms with Crippen LogP contribution in [-0.2, 0) is 11.4 Å². The summed E-state index contributed by atoms with van der Waals surface area (Å²) in [6, 6.07) is 11.5. The van der Waals surface area contributed by atoms with Crippen LogP contribution in [0.2, 0.25) is 0 Å². The highest BCUT2D eigenvalue weighted by atomic mass is 32.1. The summed E-state index contributed by atoms with van der Waals surface area (Å²) < 4.78 is 5.75. The van der Waals surface area contributed by atoms with Gasteiger partial charge in [0.05, 0.1) is 6.54 Å². The van der Waals surface area contributed by atoms with Gasteiger partial charge in [-0.15, -0.1) is 11.3 Å². The average Bonchev–Trinajstić information content (AvgIpc) is 3.14. The molecule has 1 aromatic heterocycles. The second-order valence-electron chi connectivity index (χ2n) is 6.65. The number of amides is 1. The molecule has 0 radical (unpaired) electrons. The van der Waals surface area contributed by atoms with Gasteiger partial charge in [0.15, 0.2) is 0 Å². The third kappa shape index (κ3) is 5.30. The van der Waals surface area contributed by atoms with E-state index in [1.54, 1.807) is 23.5 Å². The summed E-state index contributed by atoms with van der Waals surface area (Å²) in [5.74, 6) is -0.272. The van der Waals surface area contributed by atoms with E-state index in [-0.39, 0.29) is 24.5 Å². The minimum atomic E-state index is -0.816. The van der Waals surface area contributed by atoms with E-state index in [0.717, 1.165) is 17.7 Å². The highest BCUT2D eigenvalue weighted by molar-refractivity contribution is 7.09. The lowest BCUT2D eigenvalue weighted by atomic mass is 9.85. The molecule has 2 aromatic rings. The van der Waals surface area contributed by atoms with Gasteiger partial charge in [-0.25, -0.2) is 0 Å². The number of thiophene rings is 1. The first-order valence-corrected chi connectivity index (χ1v) is 9.95. The van der Waals surface area contributed by atoms with Crippen LogP contribution in [0.1, 0.15) is 35.0 Å². The summed E-state index contributed by atoms with van der Waals surface area (Å²) in [6.07, 6.45) is 1.56. The fourth-order valence-corrected chi connectivity index (χ4v) is 3.84. The topological polar surface area (TPSA) is 78.9 Å². The van der Waals surface area contributed by atoms with Gasteiger partial charge >= 0.3 is 5.97 Å². The quantitative estimate of drug-likeness (QED) is 0.690. The first-order chi connectivity index (χ1) is 13.0. The Morgan fingerprint density at radius 2 is 2.11 bits per heavy atom. The second-order valence-corrected chi connectivity index (χ2v) is 7.68. The van der Waals surface area contributed by atoms with Crippen LogP contribution in [0.4, 0.5) is 0 Å². The van der Waals surface area contributed by atoms with Gasteiger partial charge in [-0.2, -0.15) is 0 Å². The van der Waals surface area contributed by atoms with Gasteiger partial charge in [-0.3, -0.25) is 14.5 Å². The number of carboxylic acids is 1. The Bertz CT molecular complexity index is 772. The van der Waals surface area contributed by atoms with Gasteiger partial charge in [0.25, 0.3) is 5.91 Å². The Labute approximate surface area is 162 Å². The molecular weight excluding hydrogens is 364 g/mol. The second kappa shape index (κ2) is 9.01. The molecule has 7 heteroatoms. The fourth-order valence-electron chi connectivity index (χ4n) is 3.22. The lowest BCUT2D eigenvalue weighted by Gasteiger charge is -2.42. The minimum absolute atomic E-state index is 0.0471. The maximum atomic E-state index is 12.5. The largest absolute Gasteiger partial charge is 0.488 e. The van der Waals surface area contributed by atoms with E-state index in [1.165, 1.54) is 0 Å². The number of nitrogens with zero attached hydrogens (tertiary/aromatic N) is 1. The van der Waals surface area contributed by atoms with Gasteiger partial charge in [0, 0.05) is 22.5 Å². The van der Waals surface area contributed by atoms with Gasteiger partial charge in [0.1, 0.15) is 12.4 Å². The van der Waals surface area contributed by atoms with Crippen molar-refractivity contribution in [2.75, 3.05) is 13.1 Å². The number of likely N-dealkylation sites (N-methyl/N-ethyl adjacent to an activating group) is 1. The van der Waals surface area contributed by atoms with E-state index in [1.807, 2.05) is 41.5 Å². The number of benzene rings is 1. The lowest BCUT2D eigenvalue weighted by molar-refractivity contribution is -0.139. The van der Waals surface area contributed by atoms with Crippen molar-refractivity contribution in [2.45, 2.75) is 38.5 Å². The molecule has 0 atom stereocenters. The molecule has 3 rings (SSSR count). The van der Waals surface area contributed by atoms with Crippen LogP contribution in [0.25, 0.3) is 0 Å². The van der Waals surface area contributed by atoms with Crippen molar-refractivity contribution >= 4 is 23.2 Å². The molecule has 0 bridgehead atoms. The fraction of sp³-hybridized carbons (Fsp3) is 0.400. The molecule has 0 aliphatic heterocycles. The zero-order valence-electron chi connectivity index (χ0n) is 15.3. The SMILES string of the molecule is CCN(CC(=O)O)C1CC(NC(=O)c2cccc(OCc3cccs3)c2)C1. The number of carbonyl (C=O) groups excluding carboxylic acids is 1. The molecule has 0 spiro atoms. The average molecular weight is 388 g/mol. The van der Waals surface area contributed by atoms with Crippen LogP contribution in [0.15, 0.2) is 41.8 Å². The number of hydrogen-bond donors (Lipinski definition) is 2. The van der Waals surface area contributed by atoms with E-state index in [4.69, 9.17) is 9.84 Å². The van der Waals surface area contributed by atoms with Gasteiger partial charge in [0.2, 0.25) is 0 Å². The normalized spacial score (nSPS) is 18.7. The predicted molar refractivity (Wildman–Crippen MR) is 104 cm³/mol. The molecule has 1 amide bonds. The first-order valence-electron chi connectivity index (χ1n) is 9.07. The molecule has 6 nitrogen and oxygen atoms in total. The summed E-state index contributed by atoms with van der Waals surface area (Å²) in [7, 11) is 0. The van der Waals surface area contributed by atoms with Crippen LogP contribution in [-0.4, -0.2) is 47.1 Å². The number of carboxylic acid groups (broad SMARTS) is 1. The lowest BCUT2D eigenvalue weighted by Crippen LogP contribution is -2.54. The molecule has 1 aliphatic rings. The standard InChI is InChI=1S/C20H24N2O4S/c1-2-22(12-19(23)24)16-10-15(11-16)21-20(25)14-5-3-6-17(9-14)26-13-18-7-4-8-27-18/h3-9,15-16H,2,10-13H2,1H3,(H,21,25)(H,23,24). The molecule has 0 saturated heterocycles. The molecule has 27 heavy (non-hydrogen) atoms. The Kier molecular flexibility index (Phi) is 6.47. The van der Waals surface area contributed by atoms with Gasteiger partial charge in [-0.05, 0) is 49.0 Å². The summed E-state index contributed by atoms with van der Waals surface area (Å²) in [5, 5.41) is 14.0. The first kappa shape index (κ1) is 19.4. The summed E-state index contributed by atoms with van der Waals surface area (Å²) >= 11 is 1.63. The Morgan fingerprint density at radius 3 is 2.78 bits per heavy atom. The molecule has 144 valence electrons. The van der Waals surface area contributed by atoms with Crippen molar-refractivity contribution in [3.05, 3.63) is 52.2 Å². The van der Waals surface area contributed by atoms with Crippen LogP contribution < -0.4 is 10.1 Å². The number of ether oxygens (including phenoxy) is 1. The van der Waals surface area contributed by atoms with Crippen LogP contribution in [0, 0.1) is 0 Å². The maximum Gasteiger partial charge on any atom is 0.317 e. The van der Waals surface area contributed by atoms with Crippen molar-refractivity contribution in [3.8, 4) is 5.75 Å².